The lowest BCUT2D eigenvalue weighted by molar-refractivity contribution is 1.14. The molecule has 6 aromatic carbocycles. The molecule has 6 aromatic rings. The molecule has 184 valence electrons. The highest BCUT2D eigenvalue weighted by Gasteiger charge is 2.33. The quantitative estimate of drug-likeness (QED) is 0.239. The highest BCUT2D eigenvalue weighted by molar-refractivity contribution is 6.10. The molecule has 1 heterocycles. The van der Waals surface area contributed by atoms with Crippen molar-refractivity contribution in [2.24, 2.45) is 0 Å². The predicted molar refractivity (Wildman–Crippen MR) is 165 cm³/mol. The summed E-state index contributed by atoms with van der Waals surface area (Å²) in [5.41, 5.74) is 12.3. The Morgan fingerprint density at radius 1 is 0.487 bits per heavy atom. The molecule has 0 saturated carbocycles. The van der Waals surface area contributed by atoms with Gasteiger partial charge in [-0.05, 0) is 81.9 Å². The number of benzene rings is 6. The van der Waals surface area contributed by atoms with Gasteiger partial charge in [0.15, 0.2) is 0 Å². The van der Waals surface area contributed by atoms with Crippen LogP contribution in [-0.2, 0) is 6.42 Å². The molecule has 0 amide bonds. The second-order valence-corrected chi connectivity index (χ2v) is 10.2. The standard InChI is InChI=1S/C37H26N2/c1-3-11-26(12-4-1)27-21-23-31(24-22-27)38-33-19-7-8-20-34(33)39(30-16-5-2-6-17-30)37-32-18-10-14-28-13-9-15-29(36(28)32)25-35(37)38/h1-17,19-25H,18H2. The molecule has 0 bridgehead atoms. The molecule has 0 N–H and O–H groups in total. The second kappa shape index (κ2) is 8.75. The smallest absolute Gasteiger partial charge is 0.0745 e. The minimum Gasteiger partial charge on any atom is -0.306 e. The van der Waals surface area contributed by atoms with Crippen LogP contribution in [0.2, 0.25) is 0 Å². The van der Waals surface area contributed by atoms with E-state index in [1.807, 2.05) is 0 Å². The highest BCUT2D eigenvalue weighted by Crippen LogP contribution is 2.57. The first-order valence-corrected chi connectivity index (χ1v) is 13.5. The van der Waals surface area contributed by atoms with E-state index >= 15 is 0 Å². The maximum absolute atomic E-state index is 2.46. The van der Waals surface area contributed by atoms with Crippen LogP contribution in [0.15, 0.2) is 140 Å². The minimum absolute atomic E-state index is 0.906. The van der Waals surface area contributed by atoms with Crippen molar-refractivity contribution in [3.63, 3.8) is 0 Å². The Kier molecular flexibility index (Phi) is 4.92. The zero-order valence-electron chi connectivity index (χ0n) is 21.5. The molecule has 0 saturated heterocycles. The van der Waals surface area contributed by atoms with E-state index in [2.05, 4.69) is 155 Å². The molecule has 2 heteroatoms. The Morgan fingerprint density at radius 2 is 1.13 bits per heavy atom. The molecule has 1 aliphatic heterocycles. The summed E-state index contributed by atoms with van der Waals surface area (Å²) in [5.74, 6) is 0. The van der Waals surface area contributed by atoms with Gasteiger partial charge in [-0.1, -0.05) is 103 Å². The topological polar surface area (TPSA) is 6.48 Å². The van der Waals surface area contributed by atoms with E-state index in [4.69, 9.17) is 0 Å². The number of hydrogen-bond donors (Lipinski definition) is 0. The Hall–Kier alpha value is -5.08. The van der Waals surface area contributed by atoms with Crippen LogP contribution in [0.25, 0.3) is 28.0 Å². The summed E-state index contributed by atoms with van der Waals surface area (Å²) < 4.78 is 0. The van der Waals surface area contributed by atoms with E-state index < -0.39 is 0 Å². The van der Waals surface area contributed by atoms with Gasteiger partial charge in [0.1, 0.15) is 0 Å². The first kappa shape index (κ1) is 22.0. The van der Waals surface area contributed by atoms with E-state index in [-0.39, 0.29) is 0 Å². The Balaban J connectivity index is 1.41. The summed E-state index contributed by atoms with van der Waals surface area (Å²) in [6, 6.07) is 48.2. The number of allylic oxidation sites excluding steroid dienone is 1. The molecule has 0 fully saturated rings. The van der Waals surface area contributed by atoms with Crippen LogP contribution in [0.4, 0.5) is 34.1 Å². The average molecular weight is 499 g/mol. The molecule has 1 aliphatic carbocycles. The molecule has 2 nitrogen and oxygen atoms in total. The number of fused-ring (bicyclic) bond motifs is 3. The average Bonchev–Trinajstić information content (AvgIpc) is 3.01. The van der Waals surface area contributed by atoms with Crippen molar-refractivity contribution in [1.82, 2.24) is 0 Å². The summed E-state index contributed by atoms with van der Waals surface area (Å²) in [6.07, 6.45) is 5.48. The number of hydrogen-bond acceptors (Lipinski definition) is 2. The van der Waals surface area contributed by atoms with Gasteiger partial charge in [0, 0.05) is 11.4 Å². The fraction of sp³-hybridized carbons (Fsp3) is 0.0270. The number of nitrogens with zero attached hydrogens (tertiary/aromatic N) is 2. The van der Waals surface area contributed by atoms with Crippen molar-refractivity contribution < 1.29 is 0 Å². The van der Waals surface area contributed by atoms with Crippen molar-refractivity contribution in [3.05, 3.63) is 151 Å². The summed E-state index contributed by atoms with van der Waals surface area (Å²) in [7, 11) is 0. The molecule has 0 spiro atoms. The summed E-state index contributed by atoms with van der Waals surface area (Å²) >= 11 is 0. The van der Waals surface area contributed by atoms with Gasteiger partial charge in [0.05, 0.1) is 22.7 Å². The number of para-hydroxylation sites is 3. The van der Waals surface area contributed by atoms with Crippen LogP contribution in [0.5, 0.6) is 0 Å². The van der Waals surface area contributed by atoms with Gasteiger partial charge >= 0.3 is 0 Å². The molecule has 0 aromatic heterocycles. The van der Waals surface area contributed by atoms with Gasteiger partial charge in [-0.25, -0.2) is 0 Å². The fourth-order valence-corrected chi connectivity index (χ4v) is 6.26. The maximum Gasteiger partial charge on any atom is 0.0745 e. The van der Waals surface area contributed by atoms with Crippen molar-refractivity contribution in [2.75, 3.05) is 9.80 Å². The van der Waals surface area contributed by atoms with Gasteiger partial charge in [-0.3, -0.25) is 0 Å². The number of anilines is 6. The normalized spacial score (nSPS) is 13.3. The molecular weight excluding hydrogens is 472 g/mol. The molecular formula is C37H26N2. The van der Waals surface area contributed by atoms with Crippen molar-refractivity contribution in [2.45, 2.75) is 6.42 Å². The van der Waals surface area contributed by atoms with E-state index in [1.54, 1.807) is 0 Å². The van der Waals surface area contributed by atoms with E-state index in [9.17, 15) is 0 Å². The van der Waals surface area contributed by atoms with Crippen LogP contribution >= 0.6 is 0 Å². The van der Waals surface area contributed by atoms with E-state index in [1.165, 1.54) is 61.5 Å². The van der Waals surface area contributed by atoms with Gasteiger partial charge in [-0.15, -0.1) is 0 Å². The van der Waals surface area contributed by atoms with Crippen LogP contribution in [0.3, 0.4) is 0 Å². The van der Waals surface area contributed by atoms with Crippen LogP contribution in [0, 0.1) is 0 Å². The SMILES string of the molecule is C1=Cc2cccc3cc4c(c(c23)C1)N(c1ccccc1)c1ccccc1N4c1ccc(-c2ccccc2)cc1. The molecule has 0 radical (unpaired) electrons. The lowest BCUT2D eigenvalue weighted by atomic mass is 9.88. The maximum atomic E-state index is 2.46. The molecule has 2 aliphatic rings. The largest absolute Gasteiger partial charge is 0.306 e. The monoisotopic (exact) mass is 498 g/mol. The first-order valence-electron chi connectivity index (χ1n) is 13.5. The van der Waals surface area contributed by atoms with Crippen LogP contribution < -0.4 is 9.80 Å². The van der Waals surface area contributed by atoms with Gasteiger partial charge < -0.3 is 9.80 Å². The summed E-state index contributed by atoms with van der Waals surface area (Å²) in [6.45, 7) is 0. The highest BCUT2D eigenvalue weighted by atomic mass is 15.3. The van der Waals surface area contributed by atoms with E-state index in [0.717, 1.165) is 12.1 Å². The van der Waals surface area contributed by atoms with Crippen LogP contribution in [-0.4, -0.2) is 0 Å². The number of rotatable bonds is 3. The third-order valence-corrected chi connectivity index (χ3v) is 7.95. The Morgan fingerprint density at radius 3 is 1.90 bits per heavy atom. The van der Waals surface area contributed by atoms with Crippen molar-refractivity contribution >= 4 is 51.0 Å². The van der Waals surface area contributed by atoms with E-state index in [0.29, 0.717) is 0 Å². The minimum atomic E-state index is 0.906. The van der Waals surface area contributed by atoms with Crippen LogP contribution in [0.1, 0.15) is 11.1 Å². The van der Waals surface area contributed by atoms with Gasteiger partial charge in [-0.2, -0.15) is 0 Å². The zero-order chi connectivity index (χ0) is 25.8. The summed E-state index contributed by atoms with van der Waals surface area (Å²) in [4.78, 5) is 4.91. The first-order chi connectivity index (χ1) is 19.4. The molecule has 8 rings (SSSR count). The fourth-order valence-electron chi connectivity index (χ4n) is 6.26. The second-order valence-electron chi connectivity index (χ2n) is 10.2. The summed E-state index contributed by atoms with van der Waals surface area (Å²) in [5, 5.41) is 2.64. The zero-order valence-corrected chi connectivity index (χ0v) is 21.5. The third-order valence-electron chi connectivity index (χ3n) is 7.95. The Labute approximate surface area is 228 Å². The lowest BCUT2D eigenvalue weighted by Crippen LogP contribution is -2.25. The Bertz CT molecular complexity index is 1870. The third kappa shape index (κ3) is 3.42. The van der Waals surface area contributed by atoms with Crippen molar-refractivity contribution in [3.8, 4) is 11.1 Å². The molecule has 0 atom stereocenters. The predicted octanol–water partition coefficient (Wildman–Crippen LogP) is 10.3. The molecule has 39 heavy (non-hydrogen) atoms. The van der Waals surface area contributed by atoms with Gasteiger partial charge in [0.25, 0.3) is 0 Å². The van der Waals surface area contributed by atoms with Crippen molar-refractivity contribution in [1.29, 1.82) is 0 Å². The molecule has 0 unspecified atom stereocenters. The van der Waals surface area contributed by atoms with Gasteiger partial charge in [0.2, 0.25) is 0 Å². The lowest BCUT2D eigenvalue weighted by Gasteiger charge is -2.42.